The van der Waals surface area contributed by atoms with Crippen LogP contribution in [0.4, 0.5) is 5.69 Å². The van der Waals surface area contributed by atoms with Gasteiger partial charge >= 0.3 is 0 Å². The number of amides is 1. The second kappa shape index (κ2) is 11.5. The molecule has 2 aromatic heterocycles. The van der Waals surface area contributed by atoms with E-state index in [0.717, 1.165) is 54.3 Å². The number of halogens is 2. The summed E-state index contributed by atoms with van der Waals surface area (Å²) in [5, 5.41) is 18.3. The van der Waals surface area contributed by atoms with E-state index in [1.165, 1.54) is 4.80 Å². The number of nitrogens with zero attached hydrogens (tertiary/aromatic N) is 7. The maximum absolute atomic E-state index is 12.5. The van der Waals surface area contributed by atoms with Crippen LogP contribution < -0.4 is 15.5 Å². The summed E-state index contributed by atoms with van der Waals surface area (Å²) in [5.41, 5.74) is 4.75. The van der Waals surface area contributed by atoms with Crippen molar-refractivity contribution in [2.45, 2.75) is 39.8 Å². The van der Waals surface area contributed by atoms with E-state index in [1.807, 2.05) is 46.0 Å². The highest BCUT2D eigenvalue weighted by Gasteiger charge is 2.21. The first-order chi connectivity index (χ1) is 15.3. The van der Waals surface area contributed by atoms with Crippen LogP contribution in [0.2, 0.25) is 0 Å². The fourth-order valence-corrected chi connectivity index (χ4v) is 3.57. The first kappa shape index (κ1) is 27.4. The van der Waals surface area contributed by atoms with Gasteiger partial charge in [0.15, 0.2) is 0 Å². The van der Waals surface area contributed by atoms with Gasteiger partial charge in [-0.2, -0.15) is 4.80 Å². The Balaban J connectivity index is 0.00000204. The summed E-state index contributed by atoms with van der Waals surface area (Å²) < 4.78 is 0. The summed E-state index contributed by atoms with van der Waals surface area (Å²) in [6.45, 7) is 12.0. The van der Waals surface area contributed by atoms with Gasteiger partial charge in [0.1, 0.15) is 6.33 Å². The Kier molecular flexibility index (Phi) is 9.31. The third kappa shape index (κ3) is 6.19. The van der Waals surface area contributed by atoms with Crippen molar-refractivity contribution in [1.82, 2.24) is 40.8 Å². The number of rotatable bonds is 5. The summed E-state index contributed by atoms with van der Waals surface area (Å²) in [4.78, 5) is 25.0. The molecule has 1 aromatic carbocycles. The van der Waals surface area contributed by atoms with Crippen LogP contribution in [-0.4, -0.2) is 62.3 Å². The van der Waals surface area contributed by atoms with E-state index in [9.17, 15) is 4.79 Å². The van der Waals surface area contributed by atoms with E-state index >= 15 is 0 Å². The highest BCUT2D eigenvalue weighted by molar-refractivity contribution is 5.90. The maximum atomic E-state index is 12.5. The van der Waals surface area contributed by atoms with E-state index in [0.29, 0.717) is 6.54 Å². The SMILES string of the molecule is Cc1cc(-c2ncncc2N2CCNCC2)ccc1CNC(=O)c1nnn(C(C)(C)C)n1.Cl.Cl. The lowest BCUT2D eigenvalue weighted by Gasteiger charge is -2.30. The van der Waals surface area contributed by atoms with Gasteiger partial charge in [-0.15, -0.1) is 35.0 Å². The molecule has 1 saturated heterocycles. The molecule has 1 aliphatic rings. The minimum absolute atomic E-state index is 0. The molecule has 4 rings (SSSR count). The molecule has 0 spiro atoms. The van der Waals surface area contributed by atoms with Crippen molar-refractivity contribution in [3.63, 3.8) is 0 Å². The van der Waals surface area contributed by atoms with Crippen LogP contribution in [0.1, 0.15) is 42.5 Å². The number of nitrogens with one attached hydrogen (secondary N) is 2. The number of carbonyl (C=O) groups is 1. The van der Waals surface area contributed by atoms with Crippen LogP contribution in [0.15, 0.2) is 30.7 Å². The zero-order chi connectivity index (χ0) is 22.7. The lowest BCUT2D eigenvalue weighted by Crippen LogP contribution is -2.43. The number of tetrazole rings is 1. The Hall–Kier alpha value is -2.82. The van der Waals surface area contributed by atoms with Crippen LogP contribution in [0.5, 0.6) is 0 Å². The van der Waals surface area contributed by atoms with Crippen molar-refractivity contribution in [2.75, 3.05) is 31.1 Å². The second-order valence-electron chi connectivity index (χ2n) is 8.89. The van der Waals surface area contributed by atoms with Gasteiger partial charge in [0.2, 0.25) is 0 Å². The normalized spacial score (nSPS) is 13.6. The second-order valence-corrected chi connectivity index (χ2v) is 8.89. The summed E-state index contributed by atoms with van der Waals surface area (Å²) in [6, 6.07) is 6.16. The number of piperazine rings is 1. The molecule has 0 bridgehead atoms. The minimum Gasteiger partial charge on any atom is -0.366 e. The molecule has 184 valence electrons. The summed E-state index contributed by atoms with van der Waals surface area (Å²) >= 11 is 0. The predicted molar refractivity (Wildman–Crippen MR) is 136 cm³/mol. The van der Waals surface area contributed by atoms with E-state index < -0.39 is 0 Å². The molecule has 0 aliphatic carbocycles. The van der Waals surface area contributed by atoms with Crippen LogP contribution in [0.3, 0.4) is 0 Å². The Labute approximate surface area is 211 Å². The first-order valence-electron chi connectivity index (χ1n) is 10.8. The van der Waals surface area contributed by atoms with Gasteiger partial charge < -0.3 is 15.5 Å². The van der Waals surface area contributed by atoms with Crippen LogP contribution in [0, 0.1) is 6.92 Å². The number of aryl methyl sites for hydroxylation is 1. The molecular formula is C22H31Cl2N9O. The van der Waals surface area contributed by atoms with Crippen molar-refractivity contribution in [3.8, 4) is 11.3 Å². The molecule has 2 N–H and O–H groups in total. The highest BCUT2D eigenvalue weighted by Crippen LogP contribution is 2.29. The number of anilines is 1. The van der Waals surface area contributed by atoms with Gasteiger partial charge in [0, 0.05) is 38.3 Å². The Morgan fingerprint density at radius 1 is 1.18 bits per heavy atom. The van der Waals surface area contributed by atoms with Gasteiger partial charge in [-0.3, -0.25) is 4.79 Å². The smallest absolute Gasteiger partial charge is 0.293 e. The van der Waals surface area contributed by atoms with E-state index in [-0.39, 0.29) is 42.1 Å². The molecule has 1 fully saturated rings. The minimum atomic E-state index is -0.347. The number of hydrogen-bond acceptors (Lipinski definition) is 8. The fourth-order valence-electron chi connectivity index (χ4n) is 3.57. The molecule has 3 aromatic rings. The largest absolute Gasteiger partial charge is 0.366 e. The Morgan fingerprint density at radius 2 is 1.91 bits per heavy atom. The average Bonchev–Trinajstić information content (AvgIpc) is 3.30. The third-order valence-corrected chi connectivity index (χ3v) is 5.42. The van der Waals surface area contributed by atoms with Crippen molar-refractivity contribution < 1.29 is 4.79 Å². The monoisotopic (exact) mass is 507 g/mol. The van der Waals surface area contributed by atoms with Gasteiger partial charge in [-0.1, -0.05) is 12.1 Å². The number of aromatic nitrogens is 6. The molecule has 3 heterocycles. The Morgan fingerprint density at radius 3 is 2.56 bits per heavy atom. The van der Waals surface area contributed by atoms with Crippen LogP contribution in [-0.2, 0) is 12.1 Å². The zero-order valence-electron chi connectivity index (χ0n) is 19.8. The highest BCUT2D eigenvalue weighted by atomic mass is 35.5. The molecule has 0 atom stereocenters. The van der Waals surface area contributed by atoms with Gasteiger partial charge in [0.05, 0.1) is 23.1 Å². The quantitative estimate of drug-likeness (QED) is 0.540. The zero-order valence-corrected chi connectivity index (χ0v) is 21.4. The topological polar surface area (TPSA) is 114 Å². The van der Waals surface area contributed by atoms with E-state index in [4.69, 9.17) is 0 Å². The molecule has 0 unspecified atom stereocenters. The van der Waals surface area contributed by atoms with Crippen molar-refractivity contribution in [1.29, 1.82) is 0 Å². The predicted octanol–water partition coefficient (Wildman–Crippen LogP) is 2.38. The van der Waals surface area contributed by atoms with Crippen LogP contribution >= 0.6 is 24.8 Å². The van der Waals surface area contributed by atoms with Crippen LogP contribution in [0.25, 0.3) is 11.3 Å². The molecule has 10 nitrogen and oxygen atoms in total. The van der Waals surface area contributed by atoms with E-state index in [2.05, 4.69) is 47.0 Å². The first-order valence-corrected chi connectivity index (χ1v) is 10.8. The summed E-state index contributed by atoms with van der Waals surface area (Å²) in [6.07, 6.45) is 3.47. The Bertz CT molecular complexity index is 1110. The molecule has 12 heteroatoms. The van der Waals surface area contributed by atoms with Gasteiger partial charge in [-0.05, 0) is 50.1 Å². The van der Waals surface area contributed by atoms with Gasteiger partial charge in [-0.25, -0.2) is 9.97 Å². The third-order valence-electron chi connectivity index (χ3n) is 5.42. The van der Waals surface area contributed by atoms with Crippen molar-refractivity contribution >= 4 is 36.4 Å². The lowest BCUT2D eigenvalue weighted by molar-refractivity contribution is 0.0939. The molecule has 34 heavy (non-hydrogen) atoms. The summed E-state index contributed by atoms with van der Waals surface area (Å²) in [7, 11) is 0. The molecule has 0 radical (unpaired) electrons. The fraction of sp³-hybridized carbons (Fsp3) is 0.455. The standard InChI is InChI=1S/C22H29N9O.2ClH/c1-15-11-16(19-18(13-24-14-26-19)30-9-7-23-8-10-30)5-6-17(15)12-25-21(32)20-27-29-31(28-20)22(2,3)4;;/h5-6,11,13-14,23H,7-10,12H2,1-4H3,(H,25,32);2*1H. The number of carbonyl (C=O) groups excluding carboxylic acids is 1. The average molecular weight is 508 g/mol. The molecular weight excluding hydrogens is 477 g/mol. The molecule has 0 saturated carbocycles. The molecule has 1 aliphatic heterocycles. The van der Waals surface area contributed by atoms with Crippen molar-refractivity contribution in [2.24, 2.45) is 0 Å². The number of benzene rings is 1. The maximum Gasteiger partial charge on any atom is 0.293 e. The lowest BCUT2D eigenvalue weighted by atomic mass is 10.0. The molecule has 1 amide bonds. The summed E-state index contributed by atoms with van der Waals surface area (Å²) in [5.74, 6) is -0.281. The van der Waals surface area contributed by atoms with Crippen molar-refractivity contribution in [3.05, 3.63) is 47.7 Å². The number of hydrogen-bond donors (Lipinski definition) is 2. The van der Waals surface area contributed by atoms with E-state index in [1.54, 1.807) is 6.33 Å². The van der Waals surface area contributed by atoms with Gasteiger partial charge in [0.25, 0.3) is 11.7 Å².